The van der Waals surface area contributed by atoms with Gasteiger partial charge in [0.25, 0.3) is 0 Å². The van der Waals surface area contributed by atoms with Crippen LogP contribution in [0.15, 0.2) is 0 Å². The summed E-state index contributed by atoms with van der Waals surface area (Å²) < 4.78 is 13.0. The van der Waals surface area contributed by atoms with Gasteiger partial charge in [-0.1, -0.05) is 6.92 Å². The van der Waals surface area contributed by atoms with Gasteiger partial charge in [0.1, 0.15) is 0 Å². The Morgan fingerprint density at radius 1 is 1.54 bits per heavy atom. The molecule has 0 spiro atoms. The van der Waals surface area contributed by atoms with Crippen LogP contribution >= 0.6 is 0 Å². The summed E-state index contributed by atoms with van der Waals surface area (Å²) in [5.74, 6) is -1.38. The Morgan fingerprint density at radius 2 is 1.92 bits per heavy atom. The third-order valence-electron chi connectivity index (χ3n) is 2.77. The van der Waals surface area contributed by atoms with Gasteiger partial charge in [-0.05, 0) is 20.3 Å². The van der Waals surface area contributed by atoms with Gasteiger partial charge in [-0.15, -0.1) is 9.60 Å². The molecule has 0 aliphatic rings. The minimum Gasteiger partial charge on any atom is -0.480 e. The van der Waals surface area contributed by atoms with Gasteiger partial charge in [-0.2, -0.15) is 0 Å². The lowest BCUT2D eigenvalue weighted by Gasteiger charge is -2.40. The van der Waals surface area contributed by atoms with Crippen LogP contribution in [0.3, 0.4) is 0 Å². The topological polar surface area (TPSA) is 60.8 Å². The van der Waals surface area contributed by atoms with Crippen molar-refractivity contribution < 1.29 is 19.5 Å². The van der Waals surface area contributed by atoms with Gasteiger partial charge in [0.15, 0.2) is 5.54 Å². The summed E-state index contributed by atoms with van der Waals surface area (Å²) in [5, 5.41) is 18.6. The number of halogens is 1. The lowest BCUT2D eigenvalue weighted by atomic mass is 9.80. The molecule has 0 saturated carbocycles. The molecule has 0 bridgehead atoms. The van der Waals surface area contributed by atoms with Crippen LogP contribution in [0.1, 0.15) is 27.2 Å². The van der Waals surface area contributed by atoms with E-state index < -0.39 is 17.1 Å². The fraction of sp³-hybridized carbons (Fsp3) is 0.875. The standard InChI is InChI=1S/C8H16FNO3/c1-5-7(2,13)8(3,6(11)12)10(4)9/h13H,5H2,1-4H3,(H,11,12). The first-order valence-electron chi connectivity index (χ1n) is 4.05. The van der Waals surface area contributed by atoms with E-state index in [9.17, 15) is 14.4 Å². The largest absolute Gasteiger partial charge is 0.480 e. The van der Waals surface area contributed by atoms with Crippen molar-refractivity contribution in [1.29, 1.82) is 0 Å². The Labute approximate surface area is 76.9 Å². The molecule has 0 aromatic rings. The molecular weight excluding hydrogens is 177 g/mol. The normalized spacial score (nSPS) is 20.8. The minimum atomic E-state index is -1.91. The molecule has 2 unspecified atom stereocenters. The number of carboxylic acids is 1. The highest BCUT2D eigenvalue weighted by molar-refractivity contribution is 5.79. The fourth-order valence-corrected chi connectivity index (χ4v) is 1.04. The van der Waals surface area contributed by atoms with Crippen LogP contribution in [0.25, 0.3) is 0 Å². The molecule has 78 valence electrons. The van der Waals surface area contributed by atoms with Crippen LogP contribution in [0, 0.1) is 0 Å². The SMILES string of the molecule is CCC(C)(O)C(C)(C(=O)O)N(C)F. The molecule has 0 rings (SSSR count). The van der Waals surface area contributed by atoms with Gasteiger partial charge in [-0.25, -0.2) is 0 Å². The molecule has 4 nitrogen and oxygen atoms in total. The molecule has 2 atom stereocenters. The molecule has 5 heteroatoms. The van der Waals surface area contributed by atoms with Crippen molar-refractivity contribution >= 4 is 5.97 Å². The second-order valence-electron chi connectivity index (χ2n) is 3.48. The molecule has 0 aliphatic carbocycles. The van der Waals surface area contributed by atoms with Gasteiger partial charge in [-0.3, -0.25) is 4.79 Å². The van der Waals surface area contributed by atoms with E-state index in [-0.39, 0.29) is 11.5 Å². The van der Waals surface area contributed by atoms with Crippen LogP contribution in [0.2, 0.25) is 0 Å². The zero-order valence-corrected chi connectivity index (χ0v) is 8.33. The van der Waals surface area contributed by atoms with Crippen molar-refractivity contribution in [3.8, 4) is 0 Å². The third kappa shape index (κ3) is 1.81. The maximum absolute atomic E-state index is 13.0. The maximum Gasteiger partial charge on any atom is 0.329 e. The fourth-order valence-electron chi connectivity index (χ4n) is 1.04. The predicted molar refractivity (Wildman–Crippen MR) is 45.8 cm³/mol. The summed E-state index contributed by atoms with van der Waals surface area (Å²) in [7, 11) is 0.984. The molecule has 0 amide bonds. The van der Waals surface area contributed by atoms with E-state index in [1.807, 2.05) is 0 Å². The summed E-state index contributed by atoms with van der Waals surface area (Å²) in [6, 6.07) is 0. The number of aliphatic carboxylic acids is 1. The van der Waals surface area contributed by atoms with Crippen LogP contribution in [0.5, 0.6) is 0 Å². The average Bonchev–Trinajstić information content (AvgIpc) is 2.01. The van der Waals surface area contributed by atoms with Gasteiger partial charge in [0.2, 0.25) is 0 Å². The number of aliphatic hydroxyl groups is 1. The van der Waals surface area contributed by atoms with Crippen LogP contribution in [-0.4, -0.2) is 39.5 Å². The number of carbonyl (C=O) groups is 1. The van der Waals surface area contributed by atoms with Crippen LogP contribution in [0.4, 0.5) is 4.48 Å². The predicted octanol–water partition coefficient (Wildman–Crippen LogP) is 0.807. The number of carboxylic acid groups (broad SMARTS) is 1. The molecule has 2 N–H and O–H groups in total. The first kappa shape index (κ1) is 12.3. The van der Waals surface area contributed by atoms with E-state index in [2.05, 4.69) is 0 Å². The van der Waals surface area contributed by atoms with E-state index in [0.717, 1.165) is 14.0 Å². The van der Waals surface area contributed by atoms with Crippen molar-refractivity contribution in [2.75, 3.05) is 7.05 Å². The second-order valence-corrected chi connectivity index (χ2v) is 3.48. The highest BCUT2D eigenvalue weighted by Gasteiger charge is 2.52. The second kappa shape index (κ2) is 3.59. The summed E-state index contributed by atoms with van der Waals surface area (Å²) >= 11 is 0. The lowest BCUT2D eigenvalue weighted by molar-refractivity contribution is -0.194. The first-order chi connectivity index (χ1) is 5.70. The molecule has 0 aromatic heterocycles. The van der Waals surface area contributed by atoms with Crippen LogP contribution < -0.4 is 0 Å². The highest BCUT2D eigenvalue weighted by Crippen LogP contribution is 2.30. The average molecular weight is 193 g/mol. The number of nitrogens with zero attached hydrogens (tertiary/aromatic N) is 1. The van der Waals surface area contributed by atoms with Crippen molar-refractivity contribution in [2.24, 2.45) is 0 Å². The molecular formula is C8H16FNO3. The maximum atomic E-state index is 13.0. The number of hydrogen-bond acceptors (Lipinski definition) is 3. The number of likely N-dealkylation sites (N-methyl/N-ethyl adjacent to an activating group) is 1. The first-order valence-corrected chi connectivity index (χ1v) is 4.05. The zero-order chi connectivity index (χ0) is 10.9. The van der Waals surface area contributed by atoms with Gasteiger partial charge in [0.05, 0.1) is 5.60 Å². The Balaban J connectivity index is 5.13. The molecule has 0 saturated heterocycles. The zero-order valence-electron chi connectivity index (χ0n) is 8.33. The van der Waals surface area contributed by atoms with E-state index in [1.165, 1.54) is 6.92 Å². The number of hydrogen-bond donors (Lipinski definition) is 2. The smallest absolute Gasteiger partial charge is 0.329 e. The number of rotatable bonds is 4. The quantitative estimate of drug-likeness (QED) is 0.648. The van der Waals surface area contributed by atoms with Crippen molar-refractivity contribution in [3.63, 3.8) is 0 Å². The molecule has 0 aromatic carbocycles. The molecule has 0 fully saturated rings. The van der Waals surface area contributed by atoms with Crippen LogP contribution in [-0.2, 0) is 4.79 Å². The van der Waals surface area contributed by atoms with E-state index in [0.29, 0.717) is 0 Å². The van der Waals surface area contributed by atoms with Crippen molar-refractivity contribution in [3.05, 3.63) is 0 Å². The van der Waals surface area contributed by atoms with Crippen molar-refractivity contribution in [1.82, 2.24) is 5.12 Å². The van der Waals surface area contributed by atoms with Gasteiger partial charge < -0.3 is 10.2 Å². The monoisotopic (exact) mass is 193 g/mol. The van der Waals surface area contributed by atoms with Gasteiger partial charge in [0, 0.05) is 7.05 Å². The summed E-state index contributed by atoms with van der Waals surface area (Å²) in [6.07, 6.45) is 0.157. The molecule has 0 aliphatic heterocycles. The minimum absolute atomic E-state index is 0.0266. The summed E-state index contributed by atoms with van der Waals surface area (Å²) in [6.45, 7) is 4.06. The van der Waals surface area contributed by atoms with E-state index >= 15 is 0 Å². The Bertz CT molecular complexity index is 206. The third-order valence-corrected chi connectivity index (χ3v) is 2.77. The van der Waals surface area contributed by atoms with Gasteiger partial charge >= 0.3 is 5.97 Å². The molecule has 13 heavy (non-hydrogen) atoms. The Morgan fingerprint density at radius 3 is 2.00 bits per heavy atom. The Kier molecular flexibility index (Phi) is 3.40. The highest BCUT2D eigenvalue weighted by atomic mass is 19.2. The molecule has 0 heterocycles. The van der Waals surface area contributed by atoms with Crippen molar-refractivity contribution in [2.45, 2.75) is 38.3 Å². The Hall–Kier alpha value is -0.680. The van der Waals surface area contributed by atoms with E-state index in [1.54, 1.807) is 6.92 Å². The van der Waals surface area contributed by atoms with E-state index in [4.69, 9.17) is 5.11 Å². The summed E-state index contributed by atoms with van der Waals surface area (Å²) in [5.41, 5.74) is -3.52. The summed E-state index contributed by atoms with van der Waals surface area (Å²) in [4.78, 5) is 10.8. The molecule has 0 radical (unpaired) electrons. The lowest BCUT2D eigenvalue weighted by Crippen LogP contribution is -2.62.